The Morgan fingerprint density at radius 2 is 1.87 bits per heavy atom. The van der Waals surface area contributed by atoms with Gasteiger partial charge in [0.1, 0.15) is 5.57 Å². The molecule has 3 nitrogen and oxygen atoms in total. The number of aliphatic carboxylic acids is 1. The Balaban J connectivity index is 3.02. The first-order valence-electron chi connectivity index (χ1n) is 4.70. The minimum absolute atomic E-state index is 0.163. The third-order valence-electron chi connectivity index (χ3n) is 1.92. The SMILES string of the molecule is CC/C=C(/C(=O)O)C(=O)c1ccccc1. The average Bonchev–Trinajstić information content (AvgIpc) is 2.26. The fourth-order valence-electron chi connectivity index (χ4n) is 1.23. The van der Waals surface area contributed by atoms with Gasteiger partial charge < -0.3 is 5.11 Å². The number of benzene rings is 1. The van der Waals surface area contributed by atoms with Gasteiger partial charge in [-0.1, -0.05) is 43.3 Å². The molecule has 0 atom stereocenters. The summed E-state index contributed by atoms with van der Waals surface area (Å²) < 4.78 is 0. The van der Waals surface area contributed by atoms with Crippen LogP contribution in [0.4, 0.5) is 0 Å². The molecule has 1 rings (SSSR count). The zero-order chi connectivity index (χ0) is 11.3. The second-order valence-electron chi connectivity index (χ2n) is 3.03. The molecule has 15 heavy (non-hydrogen) atoms. The molecule has 1 aromatic carbocycles. The van der Waals surface area contributed by atoms with E-state index in [4.69, 9.17) is 5.11 Å². The monoisotopic (exact) mass is 204 g/mol. The summed E-state index contributed by atoms with van der Waals surface area (Å²) >= 11 is 0. The standard InChI is InChI=1S/C12H12O3/c1-2-6-10(12(14)15)11(13)9-7-4-3-5-8-9/h3-8H,2H2,1H3,(H,14,15)/b10-6+. The molecule has 0 saturated carbocycles. The van der Waals surface area contributed by atoms with Crippen LogP contribution in [0.2, 0.25) is 0 Å². The molecule has 1 N–H and O–H groups in total. The number of Topliss-reactive ketones (excluding diaryl/α,β-unsaturated/α-hetero) is 1. The largest absolute Gasteiger partial charge is 0.478 e. The smallest absolute Gasteiger partial charge is 0.339 e. The molecule has 0 aliphatic heterocycles. The summed E-state index contributed by atoms with van der Waals surface area (Å²) in [6.07, 6.45) is 1.96. The Bertz CT molecular complexity index is 391. The van der Waals surface area contributed by atoms with Crippen molar-refractivity contribution in [3.63, 3.8) is 0 Å². The number of carboxylic acid groups (broad SMARTS) is 1. The molecule has 0 spiro atoms. The van der Waals surface area contributed by atoms with E-state index >= 15 is 0 Å². The molecule has 1 aromatic rings. The minimum Gasteiger partial charge on any atom is -0.478 e. The van der Waals surface area contributed by atoms with Gasteiger partial charge in [-0.05, 0) is 6.42 Å². The van der Waals surface area contributed by atoms with Crippen molar-refractivity contribution in [2.24, 2.45) is 0 Å². The predicted octanol–water partition coefficient (Wildman–Crippen LogP) is 2.29. The van der Waals surface area contributed by atoms with E-state index in [1.165, 1.54) is 6.08 Å². The van der Waals surface area contributed by atoms with E-state index in [0.29, 0.717) is 12.0 Å². The maximum absolute atomic E-state index is 11.7. The van der Waals surface area contributed by atoms with Gasteiger partial charge in [-0.25, -0.2) is 4.79 Å². The highest BCUT2D eigenvalue weighted by Gasteiger charge is 2.17. The number of hydrogen-bond donors (Lipinski definition) is 1. The van der Waals surface area contributed by atoms with Crippen molar-refractivity contribution < 1.29 is 14.7 Å². The van der Waals surface area contributed by atoms with Crippen molar-refractivity contribution in [1.82, 2.24) is 0 Å². The zero-order valence-electron chi connectivity index (χ0n) is 8.43. The number of carbonyl (C=O) groups excluding carboxylic acids is 1. The van der Waals surface area contributed by atoms with Crippen LogP contribution in [-0.2, 0) is 4.79 Å². The second kappa shape index (κ2) is 5.10. The Hall–Kier alpha value is -1.90. The summed E-state index contributed by atoms with van der Waals surface area (Å²) in [5.41, 5.74) is 0.239. The van der Waals surface area contributed by atoms with E-state index in [9.17, 15) is 9.59 Å². The molecule has 78 valence electrons. The highest BCUT2D eigenvalue weighted by atomic mass is 16.4. The third-order valence-corrected chi connectivity index (χ3v) is 1.92. The molecular weight excluding hydrogens is 192 g/mol. The van der Waals surface area contributed by atoms with Crippen LogP contribution >= 0.6 is 0 Å². The van der Waals surface area contributed by atoms with Gasteiger partial charge >= 0.3 is 5.97 Å². The molecule has 0 aromatic heterocycles. The fourth-order valence-corrected chi connectivity index (χ4v) is 1.23. The van der Waals surface area contributed by atoms with Gasteiger partial charge in [0, 0.05) is 5.56 Å². The first kappa shape index (κ1) is 11.2. The number of hydrogen-bond acceptors (Lipinski definition) is 2. The van der Waals surface area contributed by atoms with Crippen molar-refractivity contribution in [3.8, 4) is 0 Å². The van der Waals surface area contributed by atoms with Gasteiger partial charge in [-0.2, -0.15) is 0 Å². The lowest BCUT2D eigenvalue weighted by Gasteiger charge is -2.00. The highest BCUT2D eigenvalue weighted by Crippen LogP contribution is 2.09. The topological polar surface area (TPSA) is 54.4 Å². The molecule has 3 heteroatoms. The van der Waals surface area contributed by atoms with Crippen molar-refractivity contribution in [2.75, 3.05) is 0 Å². The van der Waals surface area contributed by atoms with Gasteiger partial charge in [0.2, 0.25) is 0 Å². The number of carbonyl (C=O) groups is 2. The van der Waals surface area contributed by atoms with E-state index in [1.807, 2.05) is 0 Å². The molecule has 0 saturated heterocycles. The van der Waals surface area contributed by atoms with Crippen LogP contribution in [0.25, 0.3) is 0 Å². The fraction of sp³-hybridized carbons (Fsp3) is 0.167. The van der Waals surface area contributed by atoms with Crippen LogP contribution in [0.15, 0.2) is 42.0 Å². The number of rotatable bonds is 4. The van der Waals surface area contributed by atoms with Crippen molar-refractivity contribution in [3.05, 3.63) is 47.5 Å². The summed E-state index contributed by atoms with van der Waals surface area (Å²) in [6, 6.07) is 8.40. The third kappa shape index (κ3) is 2.77. The molecular formula is C12H12O3. The van der Waals surface area contributed by atoms with Gasteiger partial charge in [0.15, 0.2) is 5.78 Å². The highest BCUT2D eigenvalue weighted by molar-refractivity contribution is 6.23. The second-order valence-corrected chi connectivity index (χ2v) is 3.03. The van der Waals surface area contributed by atoms with Crippen LogP contribution < -0.4 is 0 Å². The zero-order valence-corrected chi connectivity index (χ0v) is 8.43. The minimum atomic E-state index is -1.18. The van der Waals surface area contributed by atoms with Crippen LogP contribution in [0.3, 0.4) is 0 Å². The molecule has 0 radical (unpaired) electrons. The maximum atomic E-state index is 11.7. The summed E-state index contributed by atoms with van der Waals surface area (Å²) in [5, 5.41) is 8.85. The van der Waals surface area contributed by atoms with E-state index < -0.39 is 11.8 Å². The Morgan fingerprint density at radius 1 is 1.27 bits per heavy atom. The van der Waals surface area contributed by atoms with Crippen LogP contribution in [0, 0.1) is 0 Å². The van der Waals surface area contributed by atoms with Gasteiger partial charge in [0.05, 0.1) is 0 Å². The summed E-state index contributed by atoms with van der Waals surface area (Å²) in [6.45, 7) is 1.79. The van der Waals surface area contributed by atoms with Crippen LogP contribution in [0.1, 0.15) is 23.7 Å². The van der Waals surface area contributed by atoms with Crippen molar-refractivity contribution in [1.29, 1.82) is 0 Å². The predicted molar refractivity (Wildman–Crippen MR) is 56.8 cm³/mol. The van der Waals surface area contributed by atoms with E-state index in [2.05, 4.69) is 0 Å². The Kier molecular flexibility index (Phi) is 3.80. The van der Waals surface area contributed by atoms with Gasteiger partial charge in [-0.15, -0.1) is 0 Å². The molecule has 0 heterocycles. The molecule has 0 aliphatic rings. The van der Waals surface area contributed by atoms with Crippen molar-refractivity contribution in [2.45, 2.75) is 13.3 Å². The summed E-state index contributed by atoms with van der Waals surface area (Å²) in [4.78, 5) is 22.5. The van der Waals surface area contributed by atoms with Crippen molar-refractivity contribution >= 4 is 11.8 Å². The van der Waals surface area contributed by atoms with E-state index in [1.54, 1.807) is 37.3 Å². The maximum Gasteiger partial charge on any atom is 0.339 e. The first-order valence-corrected chi connectivity index (χ1v) is 4.70. The normalized spacial score (nSPS) is 11.1. The van der Waals surface area contributed by atoms with Crippen LogP contribution in [-0.4, -0.2) is 16.9 Å². The molecule has 0 amide bonds. The lowest BCUT2D eigenvalue weighted by atomic mass is 10.0. The van der Waals surface area contributed by atoms with E-state index in [0.717, 1.165) is 0 Å². The van der Waals surface area contributed by atoms with Gasteiger partial charge in [0.25, 0.3) is 0 Å². The lowest BCUT2D eigenvalue weighted by Crippen LogP contribution is -2.12. The Labute approximate surface area is 88.0 Å². The van der Waals surface area contributed by atoms with E-state index in [-0.39, 0.29) is 5.57 Å². The molecule has 0 unspecified atom stereocenters. The Morgan fingerprint density at radius 3 is 2.33 bits per heavy atom. The number of ketones is 1. The molecule has 0 aliphatic carbocycles. The molecule has 0 bridgehead atoms. The molecule has 0 fully saturated rings. The first-order chi connectivity index (χ1) is 7.16. The average molecular weight is 204 g/mol. The van der Waals surface area contributed by atoms with Crippen LogP contribution in [0.5, 0.6) is 0 Å². The lowest BCUT2D eigenvalue weighted by molar-refractivity contribution is -0.132. The number of allylic oxidation sites excluding steroid dienone is 1. The summed E-state index contributed by atoms with van der Waals surface area (Å²) in [5.74, 6) is -1.62. The summed E-state index contributed by atoms with van der Waals surface area (Å²) in [7, 11) is 0. The number of carboxylic acids is 1. The van der Waals surface area contributed by atoms with Gasteiger partial charge in [-0.3, -0.25) is 4.79 Å². The quantitative estimate of drug-likeness (QED) is 0.354.